The van der Waals surface area contributed by atoms with Gasteiger partial charge in [0.2, 0.25) is 0 Å². The Hall–Kier alpha value is -0.691. The van der Waals surface area contributed by atoms with Crippen molar-refractivity contribution in [3.63, 3.8) is 0 Å². The number of aliphatic hydroxyl groups is 1. The number of hydrogen-bond donors (Lipinski definition) is 2. The third kappa shape index (κ3) is 6.33. The van der Waals surface area contributed by atoms with Crippen molar-refractivity contribution in [1.29, 1.82) is 0 Å². The summed E-state index contributed by atoms with van der Waals surface area (Å²) in [6, 6.07) is 6.40. The summed E-state index contributed by atoms with van der Waals surface area (Å²) in [4.78, 5) is 0.0990. The summed E-state index contributed by atoms with van der Waals surface area (Å²) in [5.41, 5.74) is 0. The molecule has 1 unspecified atom stereocenters. The number of benzene rings is 1. The van der Waals surface area contributed by atoms with Crippen LogP contribution >= 0.6 is 0 Å². The Morgan fingerprint density at radius 2 is 2.05 bits per heavy atom. The van der Waals surface area contributed by atoms with Crippen LogP contribution < -0.4 is 9.60 Å². The monoisotopic (exact) mass is 351 g/mol. The zero-order valence-electron chi connectivity index (χ0n) is 10.4. The van der Waals surface area contributed by atoms with Gasteiger partial charge in [-0.25, -0.2) is 0 Å². The molecule has 0 fully saturated rings. The zero-order chi connectivity index (χ0) is 14.3. The number of aliphatic hydroxyl groups excluding tert-OH is 1. The Bertz CT molecular complexity index is 501. The molecule has 7 heteroatoms. The zero-order valence-corrected chi connectivity index (χ0v) is 12.9. The van der Waals surface area contributed by atoms with Gasteiger partial charge in [0.05, 0.1) is 0 Å². The Kier molecular flexibility index (Phi) is 6.71. The second-order valence-corrected chi connectivity index (χ2v) is 7.66. The molecule has 5 nitrogen and oxygen atoms in total. The van der Waals surface area contributed by atoms with Crippen LogP contribution in [0.2, 0.25) is 5.32 Å². The van der Waals surface area contributed by atoms with E-state index < -0.39 is 16.1 Å². The molecule has 1 aromatic rings. The van der Waals surface area contributed by atoms with Gasteiger partial charge >= 0.3 is 119 Å². The fourth-order valence-electron chi connectivity index (χ4n) is 1.25. The fourth-order valence-corrected chi connectivity index (χ4v) is 3.47. The first-order valence-corrected chi connectivity index (χ1v) is 9.17. The summed E-state index contributed by atoms with van der Waals surface area (Å²) >= 11 is 0.0633. The van der Waals surface area contributed by atoms with E-state index in [1.54, 1.807) is 18.2 Å². The maximum atomic E-state index is 11.1. The van der Waals surface area contributed by atoms with Gasteiger partial charge in [-0.1, -0.05) is 0 Å². The summed E-state index contributed by atoms with van der Waals surface area (Å²) < 4.78 is 28.3. The van der Waals surface area contributed by atoms with Gasteiger partial charge in [0, 0.05) is 0 Å². The molecule has 0 amide bonds. The van der Waals surface area contributed by atoms with Crippen LogP contribution in [0.25, 0.3) is 0 Å². The van der Waals surface area contributed by atoms with E-state index >= 15 is 0 Å². The number of nitrogens with two attached hydrogens (primary N) is 1. The Morgan fingerprint density at radius 3 is 2.58 bits per heavy atom. The standard InChI is InChI=1S/C12H17NO4SSe/c1-2-7-17-8-10(14)9-19-12-5-3-11(4-6-12)18(13,15)16/h2-6,10,14H,1,7-9H2,(H2,13,15,16). The molecular weight excluding hydrogens is 333 g/mol. The molecule has 0 spiro atoms. The van der Waals surface area contributed by atoms with E-state index in [1.807, 2.05) is 0 Å². The first kappa shape index (κ1) is 16.4. The summed E-state index contributed by atoms with van der Waals surface area (Å²) in [6.07, 6.45) is 1.11. The number of sulfonamides is 1. The summed E-state index contributed by atoms with van der Waals surface area (Å²) in [5, 5.41) is 15.3. The van der Waals surface area contributed by atoms with Crippen molar-refractivity contribution in [1.82, 2.24) is 0 Å². The van der Waals surface area contributed by atoms with Crippen LogP contribution in [-0.2, 0) is 14.8 Å². The summed E-state index contributed by atoms with van der Waals surface area (Å²) in [7, 11) is -3.64. The molecule has 0 aliphatic rings. The van der Waals surface area contributed by atoms with Crippen molar-refractivity contribution in [2.24, 2.45) is 5.14 Å². The first-order valence-electron chi connectivity index (χ1n) is 5.56. The quantitative estimate of drug-likeness (QED) is 0.381. The van der Waals surface area contributed by atoms with Gasteiger partial charge in [-0.2, -0.15) is 0 Å². The normalized spacial score (nSPS) is 13.2. The van der Waals surface area contributed by atoms with E-state index in [-0.39, 0.29) is 26.5 Å². The predicted molar refractivity (Wildman–Crippen MR) is 75.0 cm³/mol. The van der Waals surface area contributed by atoms with Crippen molar-refractivity contribution in [3.05, 3.63) is 36.9 Å². The minimum absolute atomic E-state index is 0.0633. The summed E-state index contributed by atoms with van der Waals surface area (Å²) in [5.74, 6) is 0. The van der Waals surface area contributed by atoms with Gasteiger partial charge in [0.25, 0.3) is 0 Å². The Balaban J connectivity index is 2.44. The molecule has 0 saturated heterocycles. The van der Waals surface area contributed by atoms with Crippen molar-refractivity contribution in [2.75, 3.05) is 13.2 Å². The van der Waals surface area contributed by atoms with E-state index in [9.17, 15) is 13.5 Å². The van der Waals surface area contributed by atoms with Crippen LogP contribution in [0.1, 0.15) is 0 Å². The molecule has 19 heavy (non-hydrogen) atoms. The SMILES string of the molecule is C=CCOCC(O)C[Se]c1ccc(S(N)(=O)=O)cc1. The van der Waals surface area contributed by atoms with E-state index in [2.05, 4.69) is 6.58 Å². The summed E-state index contributed by atoms with van der Waals surface area (Å²) in [6.45, 7) is 4.22. The fraction of sp³-hybridized carbons (Fsp3) is 0.333. The number of ether oxygens (including phenoxy) is 1. The molecule has 0 aliphatic heterocycles. The molecule has 3 N–H and O–H groups in total. The molecule has 1 atom stereocenters. The van der Waals surface area contributed by atoms with Crippen LogP contribution in [0.4, 0.5) is 0 Å². The molecule has 0 bridgehead atoms. The molecule has 0 radical (unpaired) electrons. The van der Waals surface area contributed by atoms with Gasteiger partial charge < -0.3 is 0 Å². The number of primary sulfonamides is 1. The van der Waals surface area contributed by atoms with E-state index in [4.69, 9.17) is 9.88 Å². The molecule has 0 saturated carbocycles. The minimum atomic E-state index is -3.64. The molecule has 0 heterocycles. The van der Waals surface area contributed by atoms with Crippen molar-refractivity contribution < 1.29 is 18.3 Å². The van der Waals surface area contributed by atoms with Crippen molar-refractivity contribution >= 4 is 29.4 Å². The first-order chi connectivity index (χ1) is 8.93. The predicted octanol–water partition coefficient (Wildman–Crippen LogP) is -0.355. The Labute approximate surface area is 119 Å². The number of rotatable bonds is 8. The molecule has 0 aliphatic carbocycles. The van der Waals surface area contributed by atoms with Crippen LogP contribution in [0.5, 0.6) is 0 Å². The number of hydrogen-bond acceptors (Lipinski definition) is 4. The Morgan fingerprint density at radius 1 is 1.42 bits per heavy atom. The average Bonchev–Trinajstić information content (AvgIpc) is 2.36. The van der Waals surface area contributed by atoms with Gasteiger partial charge in [0.15, 0.2) is 0 Å². The van der Waals surface area contributed by atoms with Crippen molar-refractivity contribution in [3.8, 4) is 0 Å². The second-order valence-electron chi connectivity index (χ2n) is 3.81. The maximum absolute atomic E-state index is 11.1. The molecule has 106 valence electrons. The van der Waals surface area contributed by atoms with Crippen LogP contribution in [0.15, 0.2) is 41.8 Å². The van der Waals surface area contributed by atoms with Crippen LogP contribution in [0, 0.1) is 0 Å². The molecule has 1 aromatic carbocycles. The topological polar surface area (TPSA) is 89.6 Å². The van der Waals surface area contributed by atoms with E-state index in [0.29, 0.717) is 11.9 Å². The van der Waals surface area contributed by atoms with Gasteiger partial charge in [-0.15, -0.1) is 0 Å². The average molecular weight is 350 g/mol. The van der Waals surface area contributed by atoms with Gasteiger partial charge in [0.1, 0.15) is 0 Å². The third-order valence-corrected chi connectivity index (χ3v) is 5.50. The third-order valence-electron chi connectivity index (χ3n) is 2.14. The van der Waals surface area contributed by atoms with Crippen LogP contribution in [-0.4, -0.2) is 47.8 Å². The molecule has 0 aromatic heterocycles. The molecular formula is C12H17NO4SSe. The molecule has 1 rings (SSSR count). The second kappa shape index (κ2) is 7.79. The van der Waals surface area contributed by atoms with Crippen LogP contribution in [0.3, 0.4) is 0 Å². The van der Waals surface area contributed by atoms with E-state index in [1.165, 1.54) is 12.1 Å². The van der Waals surface area contributed by atoms with E-state index in [0.717, 1.165) is 4.46 Å². The van der Waals surface area contributed by atoms with Gasteiger partial charge in [-0.05, 0) is 0 Å². The van der Waals surface area contributed by atoms with Gasteiger partial charge in [-0.3, -0.25) is 0 Å². The van der Waals surface area contributed by atoms with Crippen molar-refractivity contribution in [2.45, 2.75) is 16.3 Å².